The van der Waals surface area contributed by atoms with Gasteiger partial charge in [-0.05, 0) is 61.6 Å². The zero-order valence-corrected chi connectivity index (χ0v) is 20.4. The molecule has 198 valence electrons. The van der Waals surface area contributed by atoms with Gasteiger partial charge in [0.1, 0.15) is 11.4 Å². The number of aryl methyl sites for hydroxylation is 1. The van der Waals surface area contributed by atoms with Crippen molar-refractivity contribution in [3.8, 4) is 0 Å². The van der Waals surface area contributed by atoms with Gasteiger partial charge in [0, 0.05) is 39.0 Å². The molecule has 3 aliphatic carbocycles. The topological polar surface area (TPSA) is 122 Å². The first-order chi connectivity index (χ1) is 17.5. The summed E-state index contributed by atoms with van der Waals surface area (Å²) >= 11 is 0. The molecule has 1 amide bonds. The number of hydrogen-bond acceptors (Lipinski definition) is 6. The summed E-state index contributed by atoms with van der Waals surface area (Å²) in [5.74, 6) is -1.01. The van der Waals surface area contributed by atoms with Crippen molar-refractivity contribution in [1.29, 1.82) is 0 Å². The van der Waals surface area contributed by atoms with Gasteiger partial charge in [-0.2, -0.15) is 18.3 Å². The van der Waals surface area contributed by atoms with Crippen molar-refractivity contribution in [2.45, 2.75) is 63.6 Å². The number of fused-ring (bicyclic) bond motifs is 4. The molecule has 1 unspecified atom stereocenters. The summed E-state index contributed by atoms with van der Waals surface area (Å²) in [7, 11) is 1.74. The van der Waals surface area contributed by atoms with Gasteiger partial charge in [-0.1, -0.05) is 0 Å². The van der Waals surface area contributed by atoms with Crippen molar-refractivity contribution >= 4 is 29.6 Å². The molecule has 9 nitrogen and oxygen atoms in total. The standard InChI is InChI=1S/C25H29F3N6O3/c1-34-19-16(21(35)31-13-15-2-10-29-17(12-15)25(26,27)28)3-11-30-18(19)20(33-34)32-14-23-4-7-24(8-5-23,9-6-23)22(36)37/h2,10-12,16H,3-9,13-14H2,1H3,(H,31,35)(H,32,33)(H,36,37). The summed E-state index contributed by atoms with van der Waals surface area (Å²) in [4.78, 5) is 32.6. The normalized spacial score (nSPS) is 26.5. The van der Waals surface area contributed by atoms with Crippen LogP contribution in [0, 0.1) is 10.8 Å². The third kappa shape index (κ3) is 4.69. The molecule has 3 heterocycles. The first-order valence-corrected chi connectivity index (χ1v) is 12.4. The van der Waals surface area contributed by atoms with Gasteiger partial charge >= 0.3 is 12.1 Å². The third-order valence-corrected chi connectivity index (χ3v) is 8.34. The Morgan fingerprint density at radius 3 is 2.54 bits per heavy atom. The number of aliphatic imine (C=N–C) groups is 1. The second-order valence-electron chi connectivity index (χ2n) is 10.5. The van der Waals surface area contributed by atoms with Crippen LogP contribution in [0.15, 0.2) is 23.3 Å². The molecule has 6 rings (SSSR count). The van der Waals surface area contributed by atoms with E-state index in [0.717, 1.165) is 31.5 Å². The van der Waals surface area contributed by atoms with E-state index in [2.05, 4.69) is 25.7 Å². The number of anilines is 1. The molecular formula is C25H29F3N6O3. The Morgan fingerprint density at radius 2 is 1.89 bits per heavy atom. The molecular weight excluding hydrogens is 489 g/mol. The van der Waals surface area contributed by atoms with Gasteiger partial charge in [-0.15, -0.1) is 0 Å². The number of nitrogens with one attached hydrogen (secondary N) is 2. The highest BCUT2D eigenvalue weighted by molar-refractivity contribution is 5.91. The lowest BCUT2D eigenvalue weighted by Gasteiger charge is -2.51. The number of rotatable bonds is 7. The zero-order valence-electron chi connectivity index (χ0n) is 20.4. The van der Waals surface area contributed by atoms with Gasteiger partial charge in [0.15, 0.2) is 5.82 Å². The maximum atomic E-state index is 13.1. The molecule has 2 aromatic heterocycles. The average Bonchev–Trinajstić information content (AvgIpc) is 3.22. The van der Waals surface area contributed by atoms with E-state index in [4.69, 9.17) is 0 Å². The lowest BCUT2D eigenvalue weighted by atomic mass is 9.53. The van der Waals surface area contributed by atoms with E-state index in [1.807, 2.05) is 0 Å². The van der Waals surface area contributed by atoms with Crippen molar-refractivity contribution in [2.75, 3.05) is 11.9 Å². The molecule has 0 aromatic carbocycles. The van der Waals surface area contributed by atoms with Gasteiger partial charge in [-0.25, -0.2) is 0 Å². The van der Waals surface area contributed by atoms with Gasteiger partial charge in [0.2, 0.25) is 5.91 Å². The predicted octanol–water partition coefficient (Wildman–Crippen LogP) is 4.18. The van der Waals surface area contributed by atoms with Gasteiger partial charge < -0.3 is 15.7 Å². The quantitative estimate of drug-likeness (QED) is 0.506. The van der Waals surface area contributed by atoms with E-state index >= 15 is 0 Å². The van der Waals surface area contributed by atoms with Crippen molar-refractivity contribution < 1.29 is 27.9 Å². The lowest BCUT2D eigenvalue weighted by molar-refractivity contribution is -0.158. The van der Waals surface area contributed by atoms with Crippen LogP contribution >= 0.6 is 0 Å². The van der Waals surface area contributed by atoms with E-state index in [-0.39, 0.29) is 17.9 Å². The summed E-state index contributed by atoms with van der Waals surface area (Å²) in [6, 6.07) is 2.36. The average molecular weight is 519 g/mol. The highest BCUT2D eigenvalue weighted by Gasteiger charge is 2.52. The van der Waals surface area contributed by atoms with Crippen molar-refractivity contribution in [2.24, 2.45) is 22.9 Å². The second kappa shape index (κ2) is 9.14. The monoisotopic (exact) mass is 518 g/mol. The highest BCUT2D eigenvalue weighted by Crippen LogP contribution is 2.57. The van der Waals surface area contributed by atoms with Gasteiger partial charge in [0.05, 0.1) is 17.0 Å². The summed E-state index contributed by atoms with van der Waals surface area (Å²) in [5.41, 5.74) is -0.0163. The number of aromatic nitrogens is 3. The number of alkyl halides is 3. The van der Waals surface area contributed by atoms with E-state index in [9.17, 15) is 27.9 Å². The number of aliphatic carboxylic acids is 1. The molecule has 2 bridgehead atoms. The van der Waals surface area contributed by atoms with Crippen molar-refractivity contribution in [3.63, 3.8) is 0 Å². The molecule has 1 atom stereocenters. The van der Waals surface area contributed by atoms with Crippen LogP contribution < -0.4 is 10.6 Å². The van der Waals surface area contributed by atoms with E-state index in [1.165, 1.54) is 6.07 Å². The number of amides is 1. The molecule has 37 heavy (non-hydrogen) atoms. The molecule has 1 aliphatic heterocycles. The first-order valence-electron chi connectivity index (χ1n) is 12.4. The second-order valence-corrected chi connectivity index (χ2v) is 10.5. The van der Waals surface area contributed by atoms with Crippen LogP contribution in [-0.2, 0) is 29.4 Å². The van der Waals surface area contributed by atoms with Crippen LogP contribution in [0.2, 0.25) is 0 Å². The minimum atomic E-state index is -4.55. The molecule has 0 saturated heterocycles. The van der Waals surface area contributed by atoms with Gasteiger partial charge in [-0.3, -0.25) is 24.2 Å². The summed E-state index contributed by atoms with van der Waals surface area (Å²) in [5, 5.41) is 20.4. The Balaban J connectivity index is 1.25. The van der Waals surface area contributed by atoms with E-state index < -0.39 is 29.2 Å². The lowest BCUT2D eigenvalue weighted by Crippen LogP contribution is -2.48. The number of hydrogen-bond donors (Lipinski definition) is 3. The predicted molar refractivity (Wildman–Crippen MR) is 128 cm³/mol. The van der Waals surface area contributed by atoms with Crippen LogP contribution in [0.25, 0.3) is 0 Å². The minimum absolute atomic E-state index is 0.0244. The van der Waals surface area contributed by atoms with Crippen LogP contribution in [0.5, 0.6) is 0 Å². The number of pyridine rings is 1. The van der Waals surface area contributed by atoms with Crippen LogP contribution in [0.3, 0.4) is 0 Å². The number of carboxylic acid groups (broad SMARTS) is 1. The molecule has 4 aliphatic rings. The largest absolute Gasteiger partial charge is 0.481 e. The fraction of sp³-hybridized carbons (Fsp3) is 0.560. The Hall–Kier alpha value is -3.44. The highest BCUT2D eigenvalue weighted by atomic mass is 19.4. The smallest absolute Gasteiger partial charge is 0.433 e. The number of halogens is 3. The van der Waals surface area contributed by atoms with Crippen LogP contribution in [-0.4, -0.2) is 44.5 Å². The Bertz CT molecular complexity index is 1230. The molecule has 3 fully saturated rings. The van der Waals surface area contributed by atoms with E-state index in [1.54, 1.807) is 17.9 Å². The Morgan fingerprint density at radius 1 is 1.19 bits per heavy atom. The maximum absolute atomic E-state index is 13.1. The number of carboxylic acids is 1. The van der Waals surface area contributed by atoms with Crippen molar-refractivity contribution in [1.82, 2.24) is 20.1 Å². The molecule has 2 aromatic rings. The number of carbonyl (C=O) groups is 2. The molecule has 3 N–H and O–H groups in total. The summed E-state index contributed by atoms with van der Waals surface area (Å²) in [6.45, 7) is 0.596. The molecule has 12 heteroatoms. The molecule has 0 spiro atoms. The summed E-state index contributed by atoms with van der Waals surface area (Å²) in [6.07, 6.45) is 3.14. The first kappa shape index (κ1) is 25.2. The SMILES string of the molecule is Cn1nc(NCC23CCC(C(=O)O)(CC2)CC3)c2c1C(C(=O)NCc1ccnc(C(F)(F)F)c1)CC=N2. The van der Waals surface area contributed by atoms with Crippen LogP contribution in [0.4, 0.5) is 24.7 Å². The zero-order chi connectivity index (χ0) is 26.4. The summed E-state index contributed by atoms with van der Waals surface area (Å²) < 4.78 is 40.5. The fourth-order valence-corrected chi connectivity index (χ4v) is 5.93. The molecule has 3 saturated carbocycles. The molecule has 0 radical (unpaired) electrons. The van der Waals surface area contributed by atoms with E-state index in [0.29, 0.717) is 55.0 Å². The van der Waals surface area contributed by atoms with Crippen LogP contribution in [0.1, 0.15) is 67.8 Å². The number of carbonyl (C=O) groups excluding carboxylic acids is 1. The van der Waals surface area contributed by atoms with Crippen molar-refractivity contribution in [3.05, 3.63) is 35.3 Å². The number of nitrogens with zero attached hydrogens (tertiary/aromatic N) is 4. The fourth-order valence-electron chi connectivity index (χ4n) is 5.93. The minimum Gasteiger partial charge on any atom is -0.481 e. The third-order valence-electron chi connectivity index (χ3n) is 8.34. The van der Waals surface area contributed by atoms with Gasteiger partial charge in [0.25, 0.3) is 0 Å². The Kier molecular flexibility index (Phi) is 6.23. The Labute approximate surface area is 211 Å². The maximum Gasteiger partial charge on any atom is 0.433 e.